The van der Waals surface area contributed by atoms with Crippen molar-refractivity contribution >= 4 is 46.6 Å². The minimum Gasteiger partial charge on any atom is -0.457 e. The van der Waals surface area contributed by atoms with Gasteiger partial charge in [-0.3, -0.25) is 14.9 Å². The summed E-state index contributed by atoms with van der Waals surface area (Å²) < 4.78 is 5.60. The minimum atomic E-state index is -0.690. The highest BCUT2D eigenvalue weighted by Crippen LogP contribution is 2.28. The van der Waals surface area contributed by atoms with E-state index < -0.39 is 10.8 Å². The maximum atomic E-state index is 12.4. The summed E-state index contributed by atoms with van der Waals surface area (Å²) in [5, 5.41) is 23.4. The number of nitrogens with zero attached hydrogens (tertiary/aromatic N) is 2. The van der Waals surface area contributed by atoms with E-state index >= 15 is 0 Å². The molecule has 0 saturated carbocycles. The molecule has 7 nitrogen and oxygen atoms in total. The summed E-state index contributed by atoms with van der Waals surface area (Å²) in [5.74, 6) is -0.101. The molecule has 0 fully saturated rings. The van der Waals surface area contributed by atoms with E-state index in [1.54, 1.807) is 30.3 Å². The summed E-state index contributed by atoms with van der Waals surface area (Å²) in [7, 11) is 0. The fourth-order valence-electron chi connectivity index (χ4n) is 2.43. The van der Waals surface area contributed by atoms with Gasteiger partial charge >= 0.3 is 0 Å². The van der Waals surface area contributed by atoms with Gasteiger partial charge in [0.25, 0.3) is 11.6 Å². The molecule has 1 amide bonds. The molecule has 29 heavy (non-hydrogen) atoms. The van der Waals surface area contributed by atoms with Gasteiger partial charge in [-0.1, -0.05) is 35.3 Å². The number of non-ortho nitro benzene ring substituents is 1. The molecule has 3 aromatic rings. The van der Waals surface area contributed by atoms with Gasteiger partial charge in [0, 0.05) is 28.8 Å². The average Bonchev–Trinajstić information content (AvgIpc) is 3.17. The third-order valence-electron chi connectivity index (χ3n) is 3.80. The van der Waals surface area contributed by atoms with Crippen LogP contribution < -0.4 is 5.32 Å². The monoisotopic (exact) mass is 427 g/mol. The number of carbonyl (C=O) groups is 1. The van der Waals surface area contributed by atoms with Crippen LogP contribution in [-0.4, -0.2) is 10.8 Å². The Balaban J connectivity index is 1.84. The number of carbonyl (C=O) groups excluding carboxylic acids is 1. The van der Waals surface area contributed by atoms with Crippen molar-refractivity contribution in [3.63, 3.8) is 0 Å². The van der Waals surface area contributed by atoms with Crippen LogP contribution in [-0.2, 0) is 4.79 Å². The molecule has 0 spiro atoms. The molecule has 3 rings (SSSR count). The standard InChI is InChI=1S/C20H11Cl2N3O4/c21-14-4-6-17(22)18(10-14)24-20(26)13(11-23)9-16-5-7-19(29-16)12-2-1-3-15(8-12)25(27)28/h1-10H,(H,24,26)/b13-9+. The Morgan fingerprint density at radius 3 is 2.69 bits per heavy atom. The molecule has 2 aromatic carbocycles. The first-order chi connectivity index (χ1) is 13.9. The van der Waals surface area contributed by atoms with E-state index in [-0.39, 0.29) is 27.7 Å². The Morgan fingerprint density at radius 1 is 1.17 bits per heavy atom. The molecule has 144 valence electrons. The lowest BCUT2D eigenvalue weighted by molar-refractivity contribution is -0.384. The van der Waals surface area contributed by atoms with E-state index in [9.17, 15) is 20.2 Å². The topological polar surface area (TPSA) is 109 Å². The van der Waals surface area contributed by atoms with E-state index in [2.05, 4.69) is 5.32 Å². The molecule has 1 aromatic heterocycles. The summed E-state index contributed by atoms with van der Waals surface area (Å²) in [4.78, 5) is 22.8. The first-order valence-corrected chi connectivity index (χ1v) is 8.86. The van der Waals surface area contributed by atoms with Crippen LogP contribution in [0.1, 0.15) is 5.76 Å². The second-order valence-corrected chi connectivity index (χ2v) is 6.60. The Morgan fingerprint density at radius 2 is 1.97 bits per heavy atom. The molecule has 0 atom stereocenters. The lowest BCUT2D eigenvalue weighted by atomic mass is 10.1. The Bertz CT molecular complexity index is 1180. The average molecular weight is 428 g/mol. The number of hydrogen-bond acceptors (Lipinski definition) is 5. The highest BCUT2D eigenvalue weighted by atomic mass is 35.5. The normalized spacial score (nSPS) is 11.0. The fraction of sp³-hybridized carbons (Fsp3) is 0. The Hall–Kier alpha value is -3.60. The van der Waals surface area contributed by atoms with Gasteiger partial charge in [0.15, 0.2) is 0 Å². The van der Waals surface area contributed by atoms with Gasteiger partial charge in [-0.15, -0.1) is 0 Å². The molecule has 0 aliphatic heterocycles. The van der Waals surface area contributed by atoms with Gasteiger partial charge < -0.3 is 9.73 Å². The van der Waals surface area contributed by atoms with E-state index in [0.29, 0.717) is 16.3 Å². The van der Waals surface area contributed by atoms with Crippen molar-refractivity contribution in [2.45, 2.75) is 0 Å². The SMILES string of the molecule is N#C/C(=C\c1ccc(-c2cccc([N+](=O)[O-])c2)o1)C(=O)Nc1cc(Cl)ccc1Cl. The van der Waals surface area contributed by atoms with Crippen LogP contribution in [0.4, 0.5) is 11.4 Å². The molecule has 0 saturated heterocycles. The number of nitro benzene ring substituents is 1. The van der Waals surface area contributed by atoms with Gasteiger partial charge in [-0.25, -0.2) is 0 Å². The number of rotatable bonds is 5. The number of halogens is 2. The van der Waals surface area contributed by atoms with Crippen molar-refractivity contribution < 1.29 is 14.1 Å². The van der Waals surface area contributed by atoms with Gasteiger partial charge in [0.2, 0.25) is 0 Å². The summed E-state index contributed by atoms with van der Waals surface area (Å²) >= 11 is 11.9. The third kappa shape index (κ3) is 4.82. The van der Waals surface area contributed by atoms with Crippen LogP contribution in [0.5, 0.6) is 0 Å². The molecule has 1 N–H and O–H groups in total. The largest absolute Gasteiger partial charge is 0.457 e. The lowest BCUT2D eigenvalue weighted by Gasteiger charge is -2.06. The third-order valence-corrected chi connectivity index (χ3v) is 4.36. The van der Waals surface area contributed by atoms with Gasteiger partial charge in [0.1, 0.15) is 23.2 Å². The molecule has 9 heteroatoms. The Kier molecular flexibility index (Phi) is 5.98. The van der Waals surface area contributed by atoms with E-state index in [1.807, 2.05) is 0 Å². The number of nitro groups is 1. The first kappa shape index (κ1) is 20.1. The second kappa shape index (κ2) is 8.61. The molecular formula is C20H11Cl2N3O4. The van der Waals surface area contributed by atoms with Crippen molar-refractivity contribution in [3.05, 3.63) is 86.1 Å². The quantitative estimate of drug-likeness (QED) is 0.242. The number of amides is 1. The maximum absolute atomic E-state index is 12.4. The fourth-order valence-corrected chi connectivity index (χ4v) is 2.77. The van der Waals surface area contributed by atoms with E-state index in [0.717, 1.165) is 0 Å². The summed E-state index contributed by atoms with van der Waals surface area (Å²) in [6.07, 6.45) is 1.26. The van der Waals surface area contributed by atoms with Gasteiger partial charge in [-0.2, -0.15) is 5.26 Å². The van der Waals surface area contributed by atoms with Crippen molar-refractivity contribution in [1.29, 1.82) is 5.26 Å². The predicted molar refractivity (Wildman–Crippen MR) is 109 cm³/mol. The number of nitriles is 1. The summed E-state index contributed by atoms with van der Waals surface area (Å²) in [5.41, 5.74) is 0.460. The van der Waals surface area contributed by atoms with Crippen LogP contribution in [0.25, 0.3) is 17.4 Å². The second-order valence-electron chi connectivity index (χ2n) is 5.76. The highest BCUT2D eigenvalue weighted by Gasteiger charge is 2.14. The number of anilines is 1. The highest BCUT2D eigenvalue weighted by molar-refractivity contribution is 6.36. The van der Waals surface area contributed by atoms with Gasteiger partial charge in [0.05, 0.1) is 15.6 Å². The zero-order valence-electron chi connectivity index (χ0n) is 14.6. The van der Waals surface area contributed by atoms with E-state index in [4.69, 9.17) is 27.6 Å². The van der Waals surface area contributed by atoms with Crippen molar-refractivity contribution in [1.82, 2.24) is 0 Å². The maximum Gasteiger partial charge on any atom is 0.270 e. The van der Waals surface area contributed by atoms with Crippen LogP contribution in [0.2, 0.25) is 10.0 Å². The first-order valence-electron chi connectivity index (χ1n) is 8.10. The molecule has 0 aliphatic rings. The lowest BCUT2D eigenvalue weighted by Crippen LogP contribution is -2.13. The predicted octanol–water partition coefficient (Wildman–Crippen LogP) is 5.71. The van der Waals surface area contributed by atoms with Crippen molar-refractivity contribution in [3.8, 4) is 17.4 Å². The van der Waals surface area contributed by atoms with Crippen LogP contribution in [0.3, 0.4) is 0 Å². The van der Waals surface area contributed by atoms with Crippen molar-refractivity contribution in [2.75, 3.05) is 5.32 Å². The summed E-state index contributed by atoms with van der Waals surface area (Å²) in [6.45, 7) is 0. The smallest absolute Gasteiger partial charge is 0.270 e. The van der Waals surface area contributed by atoms with Gasteiger partial charge in [-0.05, 0) is 30.3 Å². The molecule has 1 heterocycles. The number of hydrogen-bond donors (Lipinski definition) is 1. The molecule has 0 aliphatic carbocycles. The Labute approximate surface area is 174 Å². The molecule has 0 unspecified atom stereocenters. The molecule has 0 radical (unpaired) electrons. The molecular weight excluding hydrogens is 417 g/mol. The van der Waals surface area contributed by atoms with Crippen LogP contribution in [0.15, 0.2) is 64.6 Å². The van der Waals surface area contributed by atoms with E-state index in [1.165, 1.54) is 36.4 Å². The molecule has 0 bridgehead atoms. The number of benzene rings is 2. The number of furan rings is 1. The minimum absolute atomic E-state index is 0.0773. The zero-order valence-corrected chi connectivity index (χ0v) is 16.1. The van der Waals surface area contributed by atoms with Crippen LogP contribution >= 0.6 is 23.2 Å². The van der Waals surface area contributed by atoms with Crippen LogP contribution in [0, 0.1) is 21.4 Å². The van der Waals surface area contributed by atoms with Crippen molar-refractivity contribution in [2.24, 2.45) is 0 Å². The summed E-state index contributed by atoms with van der Waals surface area (Å²) in [6, 6.07) is 15.4. The zero-order chi connectivity index (χ0) is 21.0. The number of nitrogens with one attached hydrogen (secondary N) is 1.